The van der Waals surface area contributed by atoms with Gasteiger partial charge in [0.2, 0.25) is 5.91 Å². The largest absolute Gasteiger partial charge is 0.497 e. The lowest BCUT2D eigenvalue weighted by Gasteiger charge is -2.13. The van der Waals surface area contributed by atoms with Gasteiger partial charge in [-0.1, -0.05) is 17.7 Å². The molecule has 0 bridgehead atoms. The summed E-state index contributed by atoms with van der Waals surface area (Å²) in [6, 6.07) is 16.2. The number of methoxy groups -OCH3 is 1. The minimum absolute atomic E-state index is 0.121. The normalized spacial score (nSPS) is 10.3. The number of halogens is 1. The van der Waals surface area contributed by atoms with E-state index in [1.807, 2.05) is 17.5 Å². The first-order valence-corrected chi connectivity index (χ1v) is 8.83. The van der Waals surface area contributed by atoms with E-state index in [1.54, 1.807) is 60.9 Å². The smallest absolute Gasteiger partial charge is 0.229 e. The lowest BCUT2D eigenvalue weighted by Crippen LogP contribution is -2.14. The highest BCUT2D eigenvalue weighted by molar-refractivity contribution is 7.10. The number of nitrogens with one attached hydrogen (secondary N) is 1. The fourth-order valence-electron chi connectivity index (χ4n) is 2.23. The van der Waals surface area contributed by atoms with E-state index >= 15 is 0 Å². The van der Waals surface area contributed by atoms with Crippen molar-refractivity contribution in [2.45, 2.75) is 6.42 Å². The maximum atomic E-state index is 12.3. The average molecular weight is 374 g/mol. The van der Waals surface area contributed by atoms with E-state index in [4.69, 9.17) is 21.1 Å². The van der Waals surface area contributed by atoms with Crippen molar-refractivity contribution in [3.8, 4) is 17.2 Å². The summed E-state index contributed by atoms with van der Waals surface area (Å²) in [5.41, 5.74) is 0.532. The molecule has 6 heteroatoms. The number of benzene rings is 2. The summed E-state index contributed by atoms with van der Waals surface area (Å²) in [5.74, 6) is 1.78. The van der Waals surface area contributed by atoms with Crippen LogP contribution in [0, 0.1) is 0 Å². The van der Waals surface area contributed by atoms with Crippen LogP contribution in [0.3, 0.4) is 0 Å². The standard InChI is InChI=1S/C19H16ClNO3S/c1-23-14-5-7-15(8-6-14)24-18-9-4-13(20)11-17(18)21-19(22)12-16-3-2-10-25-16/h2-11H,12H2,1H3,(H,21,22). The van der Waals surface area contributed by atoms with Crippen LogP contribution in [0.5, 0.6) is 17.2 Å². The third kappa shape index (κ3) is 4.75. The molecule has 1 aromatic heterocycles. The number of ether oxygens (including phenoxy) is 2. The van der Waals surface area contributed by atoms with Gasteiger partial charge in [-0.3, -0.25) is 4.79 Å². The number of hydrogen-bond donors (Lipinski definition) is 1. The van der Waals surface area contributed by atoms with E-state index in [0.29, 0.717) is 28.6 Å². The molecule has 1 amide bonds. The molecule has 0 saturated carbocycles. The van der Waals surface area contributed by atoms with E-state index in [9.17, 15) is 4.79 Å². The molecule has 3 aromatic rings. The van der Waals surface area contributed by atoms with Gasteiger partial charge in [-0.25, -0.2) is 0 Å². The molecule has 0 unspecified atom stereocenters. The molecule has 2 aromatic carbocycles. The highest BCUT2D eigenvalue weighted by Gasteiger charge is 2.11. The Labute approximate surface area is 155 Å². The zero-order valence-electron chi connectivity index (χ0n) is 13.5. The lowest BCUT2D eigenvalue weighted by molar-refractivity contribution is -0.115. The van der Waals surface area contributed by atoms with Gasteiger partial charge in [0.15, 0.2) is 5.75 Å². The highest BCUT2D eigenvalue weighted by atomic mass is 35.5. The van der Waals surface area contributed by atoms with Gasteiger partial charge in [0.25, 0.3) is 0 Å². The zero-order valence-corrected chi connectivity index (χ0v) is 15.1. The van der Waals surface area contributed by atoms with Crippen LogP contribution in [-0.2, 0) is 11.2 Å². The predicted molar refractivity (Wildman–Crippen MR) is 101 cm³/mol. The molecule has 25 heavy (non-hydrogen) atoms. The molecule has 0 fully saturated rings. The Kier molecular flexibility index (Phi) is 5.58. The molecule has 128 valence electrons. The van der Waals surface area contributed by atoms with Crippen molar-refractivity contribution in [1.82, 2.24) is 0 Å². The molecule has 0 aliphatic heterocycles. The van der Waals surface area contributed by atoms with Gasteiger partial charge in [-0.2, -0.15) is 0 Å². The summed E-state index contributed by atoms with van der Waals surface area (Å²) in [5, 5.41) is 5.33. The van der Waals surface area contributed by atoms with Crippen molar-refractivity contribution in [2.24, 2.45) is 0 Å². The van der Waals surface area contributed by atoms with Crippen LogP contribution >= 0.6 is 22.9 Å². The van der Waals surface area contributed by atoms with E-state index in [1.165, 1.54) is 0 Å². The Morgan fingerprint density at radius 1 is 1.12 bits per heavy atom. The van der Waals surface area contributed by atoms with Crippen LogP contribution < -0.4 is 14.8 Å². The molecule has 0 atom stereocenters. The first-order valence-electron chi connectivity index (χ1n) is 7.58. The van der Waals surface area contributed by atoms with E-state index in [0.717, 1.165) is 10.6 Å². The van der Waals surface area contributed by atoms with Crippen LogP contribution in [0.15, 0.2) is 60.0 Å². The number of thiophene rings is 1. The Morgan fingerprint density at radius 3 is 2.56 bits per heavy atom. The Bertz CT molecular complexity index is 848. The summed E-state index contributed by atoms with van der Waals surface area (Å²) < 4.78 is 11.0. The van der Waals surface area contributed by atoms with Crippen molar-refractivity contribution in [3.05, 3.63) is 69.9 Å². The number of amides is 1. The summed E-state index contributed by atoms with van der Waals surface area (Å²) in [6.45, 7) is 0. The molecule has 4 nitrogen and oxygen atoms in total. The van der Waals surface area contributed by atoms with Crippen molar-refractivity contribution in [3.63, 3.8) is 0 Å². The van der Waals surface area contributed by atoms with Crippen LogP contribution in [0.4, 0.5) is 5.69 Å². The summed E-state index contributed by atoms with van der Waals surface area (Å²) in [7, 11) is 1.61. The molecule has 0 aliphatic rings. The quantitative estimate of drug-likeness (QED) is 0.630. The Hall–Kier alpha value is -2.50. The van der Waals surface area contributed by atoms with Gasteiger partial charge < -0.3 is 14.8 Å². The Balaban J connectivity index is 1.76. The third-order valence-corrected chi connectivity index (χ3v) is 4.53. The maximum absolute atomic E-state index is 12.3. The minimum atomic E-state index is -0.121. The van der Waals surface area contributed by atoms with Gasteiger partial charge in [-0.15, -0.1) is 11.3 Å². The van der Waals surface area contributed by atoms with Crippen molar-refractivity contribution in [2.75, 3.05) is 12.4 Å². The van der Waals surface area contributed by atoms with Gasteiger partial charge in [-0.05, 0) is 53.9 Å². The first kappa shape index (κ1) is 17.3. The second-order valence-corrected chi connectivity index (χ2v) is 6.69. The van der Waals surface area contributed by atoms with Crippen LogP contribution in [-0.4, -0.2) is 13.0 Å². The summed E-state index contributed by atoms with van der Waals surface area (Å²) in [6.07, 6.45) is 0.312. The van der Waals surface area contributed by atoms with Crippen molar-refractivity contribution in [1.29, 1.82) is 0 Å². The van der Waals surface area contributed by atoms with E-state index in [-0.39, 0.29) is 5.91 Å². The highest BCUT2D eigenvalue weighted by Crippen LogP contribution is 2.33. The molecule has 0 aliphatic carbocycles. The van der Waals surface area contributed by atoms with Crippen molar-refractivity contribution >= 4 is 34.5 Å². The molecule has 3 rings (SSSR count). The fraction of sp³-hybridized carbons (Fsp3) is 0.105. The third-order valence-electron chi connectivity index (χ3n) is 3.42. The van der Waals surface area contributed by atoms with Gasteiger partial charge in [0, 0.05) is 9.90 Å². The SMILES string of the molecule is COc1ccc(Oc2ccc(Cl)cc2NC(=O)Cc2cccs2)cc1. The van der Waals surface area contributed by atoms with Crippen LogP contribution in [0.2, 0.25) is 5.02 Å². The predicted octanol–water partition coefficient (Wildman–Crippen LogP) is 5.38. The molecule has 0 spiro atoms. The minimum Gasteiger partial charge on any atom is -0.497 e. The number of anilines is 1. The molecular formula is C19H16ClNO3S. The van der Waals surface area contributed by atoms with Gasteiger partial charge >= 0.3 is 0 Å². The number of carbonyl (C=O) groups is 1. The second-order valence-electron chi connectivity index (χ2n) is 5.22. The summed E-state index contributed by atoms with van der Waals surface area (Å²) in [4.78, 5) is 13.3. The molecule has 1 N–H and O–H groups in total. The maximum Gasteiger partial charge on any atom is 0.229 e. The van der Waals surface area contributed by atoms with Crippen molar-refractivity contribution < 1.29 is 14.3 Å². The number of rotatable bonds is 6. The zero-order chi connectivity index (χ0) is 17.6. The number of hydrogen-bond acceptors (Lipinski definition) is 4. The van der Waals surface area contributed by atoms with Crippen LogP contribution in [0.1, 0.15) is 4.88 Å². The summed E-state index contributed by atoms with van der Waals surface area (Å²) >= 11 is 7.61. The van der Waals surface area contributed by atoms with Gasteiger partial charge in [0.1, 0.15) is 11.5 Å². The van der Waals surface area contributed by atoms with Crippen LogP contribution in [0.25, 0.3) is 0 Å². The van der Waals surface area contributed by atoms with Gasteiger partial charge in [0.05, 0.1) is 19.2 Å². The Morgan fingerprint density at radius 2 is 1.88 bits per heavy atom. The fourth-order valence-corrected chi connectivity index (χ4v) is 3.10. The monoisotopic (exact) mass is 373 g/mol. The molecule has 0 radical (unpaired) electrons. The average Bonchev–Trinajstić information content (AvgIpc) is 3.11. The molecular weight excluding hydrogens is 358 g/mol. The first-order chi connectivity index (χ1) is 12.1. The number of carbonyl (C=O) groups excluding carboxylic acids is 1. The van der Waals surface area contributed by atoms with E-state index < -0.39 is 0 Å². The van der Waals surface area contributed by atoms with E-state index in [2.05, 4.69) is 5.32 Å². The molecule has 0 saturated heterocycles. The molecule has 1 heterocycles. The topological polar surface area (TPSA) is 47.6 Å². The lowest BCUT2D eigenvalue weighted by atomic mass is 10.2. The second kappa shape index (κ2) is 8.05.